The molecule has 1 aromatic rings. The van der Waals surface area contributed by atoms with Gasteiger partial charge < -0.3 is 14.7 Å². The number of carboxylic acid groups (broad SMARTS) is 1. The molecule has 2 aliphatic heterocycles. The Morgan fingerprint density at radius 2 is 1.96 bits per heavy atom. The van der Waals surface area contributed by atoms with Gasteiger partial charge in [-0.25, -0.2) is 0 Å². The molecule has 3 rings (SSSR count). The third-order valence-electron chi connectivity index (χ3n) is 5.32. The van der Waals surface area contributed by atoms with E-state index in [0.717, 1.165) is 5.56 Å². The normalized spacial score (nSPS) is 23.8. The number of nitrogens with zero attached hydrogens (tertiary/aromatic N) is 2. The van der Waals surface area contributed by atoms with Crippen LogP contribution in [0.1, 0.15) is 35.2 Å². The molecule has 0 aromatic heterocycles. The number of carbonyl (C=O) groups excluding carboxylic acids is 1. The molecule has 0 aliphatic carbocycles. The Balaban J connectivity index is 1.69. The molecule has 2 fully saturated rings. The number of likely N-dealkylation sites (tertiary alicyclic amines) is 1. The van der Waals surface area contributed by atoms with Gasteiger partial charge in [-0.1, -0.05) is 6.07 Å². The number of ether oxygens (including phenoxy) is 1. The number of hydrogen-bond acceptors (Lipinski definition) is 5. The number of benzene rings is 1. The topological polar surface area (TPSA) is 110 Å². The summed E-state index contributed by atoms with van der Waals surface area (Å²) < 4.78 is 5.64. The summed E-state index contributed by atoms with van der Waals surface area (Å²) in [5.41, 5.74) is 0.708. The van der Waals surface area contributed by atoms with E-state index in [1.807, 2.05) is 0 Å². The molecule has 0 radical (unpaired) electrons. The predicted octanol–water partition coefficient (Wildman–Crippen LogP) is 2.25. The van der Waals surface area contributed by atoms with Gasteiger partial charge in [0.2, 0.25) is 0 Å². The lowest BCUT2D eigenvalue weighted by Gasteiger charge is -2.35. The maximum absolute atomic E-state index is 12.8. The zero-order chi connectivity index (χ0) is 18.8. The maximum atomic E-state index is 12.8. The zero-order valence-electron chi connectivity index (χ0n) is 14.6. The van der Waals surface area contributed by atoms with Crippen LogP contribution in [0.25, 0.3) is 0 Å². The Hall–Kier alpha value is -2.48. The average molecular weight is 362 g/mol. The number of hydrogen-bond donors (Lipinski definition) is 1. The second-order valence-corrected chi connectivity index (χ2v) is 6.98. The Morgan fingerprint density at radius 1 is 1.27 bits per heavy atom. The van der Waals surface area contributed by atoms with E-state index in [-0.39, 0.29) is 29.2 Å². The number of nitro benzene ring substituents is 1. The lowest BCUT2D eigenvalue weighted by Crippen LogP contribution is -2.43. The van der Waals surface area contributed by atoms with Gasteiger partial charge in [0, 0.05) is 25.8 Å². The lowest BCUT2D eigenvalue weighted by molar-refractivity contribution is -0.385. The largest absolute Gasteiger partial charge is 0.481 e. The lowest BCUT2D eigenvalue weighted by atomic mass is 9.84. The molecule has 1 N–H and O–H groups in total. The smallest absolute Gasteiger partial charge is 0.309 e. The van der Waals surface area contributed by atoms with Crippen LogP contribution in [-0.2, 0) is 9.53 Å². The van der Waals surface area contributed by atoms with Crippen LogP contribution in [0, 0.1) is 28.9 Å². The van der Waals surface area contributed by atoms with Gasteiger partial charge in [0.1, 0.15) is 5.56 Å². The van der Waals surface area contributed by atoms with E-state index in [4.69, 9.17) is 4.74 Å². The summed E-state index contributed by atoms with van der Waals surface area (Å²) in [5.74, 6) is -1.57. The highest BCUT2D eigenvalue weighted by atomic mass is 16.6. The van der Waals surface area contributed by atoms with Gasteiger partial charge in [-0.05, 0) is 43.7 Å². The van der Waals surface area contributed by atoms with Gasteiger partial charge in [-0.2, -0.15) is 0 Å². The predicted molar refractivity (Wildman–Crippen MR) is 91.9 cm³/mol. The molecule has 2 atom stereocenters. The van der Waals surface area contributed by atoms with Crippen LogP contribution in [0.3, 0.4) is 0 Å². The number of aliphatic carboxylic acids is 1. The van der Waals surface area contributed by atoms with Crippen LogP contribution in [-0.4, -0.2) is 52.6 Å². The summed E-state index contributed by atoms with van der Waals surface area (Å²) >= 11 is 0. The van der Waals surface area contributed by atoms with Gasteiger partial charge in [-0.3, -0.25) is 19.7 Å². The SMILES string of the molecule is Cc1ccc([N+](=O)[O-])c(C(=O)N2CCC([C@@H]3OCCC3C(=O)O)CC2)c1. The summed E-state index contributed by atoms with van der Waals surface area (Å²) in [6.07, 6.45) is 1.49. The molecular weight excluding hydrogens is 340 g/mol. The first-order valence-electron chi connectivity index (χ1n) is 8.77. The fourth-order valence-electron chi connectivity index (χ4n) is 3.92. The highest BCUT2D eigenvalue weighted by Crippen LogP contribution is 2.34. The van der Waals surface area contributed by atoms with Crippen molar-refractivity contribution in [3.63, 3.8) is 0 Å². The summed E-state index contributed by atoms with van der Waals surface area (Å²) in [5, 5.41) is 20.5. The molecule has 0 saturated carbocycles. The van der Waals surface area contributed by atoms with E-state index in [0.29, 0.717) is 39.0 Å². The zero-order valence-corrected chi connectivity index (χ0v) is 14.6. The van der Waals surface area contributed by atoms with Crippen molar-refractivity contribution in [1.82, 2.24) is 4.90 Å². The fourth-order valence-corrected chi connectivity index (χ4v) is 3.92. The van der Waals surface area contributed by atoms with Gasteiger partial charge in [-0.15, -0.1) is 0 Å². The van der Waals surface area contributed by atoms with E-state index in [2.05, 4.69) is 0 Å². The number of nitro groups is 1. The average Bonchev–Trinajstić information content (AvgIpc) is 3.11. The Labute approximate surface area is 150 Å². The first-order valence-corrected chi connectivity index (χ1v) is 8.77. The quantitative estimate of drug-likeness (QED) is 0.650. The monoisotopic (exact) mass is 362 g/mol. The summed E-state index contributed by atoms with van der Waals surface area (Å²) in [7, 11) is 0. The minimum Gasteiger partial charge on any atom is -0.481 e. The van der Waals surface area contributed by atoms with Crippen molar-refractivity contribution in [2.24, 2.45) is 11.8 Å². The summed E-state index contributed by atoms with van der Waals surface area (Å²) in [4.78, 5) is 36.4. The van der Waals surface area contributed by atoms with Crippen molar-refractivity contribution in [3.05, 3.63) is 39.4 Å². The van der Waals surface area contributed by atoms with Gasteiger partial charge >= 0.3 is 5.97 Å². The van der Waals surface area contributed by atoms with Crippen LogP contribution >= 0.6 is 0 Å². The minimum absolute atomic E-state index is 0.0927. The first kappa shape index (κ1) is 18.3. The van der Waals surface area contributed by atoms with E-state index in [9.17, 15) is 24.8 Å². The Morgan fingerprint density at radius 3 is 2.58 bits per heavy atom. The van der Waals surface area contributed by atoms with Crippen molar-refractivity contribution in [3.8, 4) is 0 Å². The first-order chi connectivity index (χ1) is 12.4. The van der Waals surface area contributed by atoms with Gasteiger partial charge in [0.05, 0.1) is 16.9 Å². The molecule has 8 nitrogen and oxygen atoms in total. The molecule has 2 heterocycles. The van der Waals surface area contributed by atoms with Crippen molar-refractivity contribution in [2.45, 2.75) is 32.3 Å². The van der Waals surface area contributed by atoms with E-state index < -0.39 is 16.8 Å². The van der Waals surface area contributed by atoms with Crippen LogP contribution in [0.4, 0.5) is 5.69 Å². The van der Waals surface area contributed by atoms with Crippen LogP contribution < -0.4 is 0 Å². The summed E-state index contributed by atoms with van der Waals surface area (Å²) in [6, 6.07) is 4.52. The molecule has 0 bridgehead atoms. The second-order valence-electron chi connectivity index (χ2n) is 6.98. The number of amides is 1. The fraction of sp³-hybridized carbons (Fsp3) is 0.556. The third-order valence-corrected chi connectivity index (χ3v) is 5.32. The second kappa shape index (κ2) is 7.41. The number of aryl methyl sites for hydroxylation is 1. The van der Waals surface area contributed by atoms with Crippen molar-refractivity contribution < 1.29 is 24.4 Å². The molecule has 1 aromatic carbocycles. The minimum atomic E-state index is -0.832. The molecule has 2 saturated heterocycles. The van der Waals surface area contributed by atoms with E-state index in [1.165, 1.54) is 6.07 Å². The number of carboxylic acids is 1. The molecule has 0 spiro atoms. The number of piperidine rings is 1. The molecule has 1 unspecified atom stereocenters. The number of rotatable bonds is 4. The highest BCUT2D eigenvalue weighted by molar-refractivity contribution is 5.98. The van der Waals surface area contributed by atoms with Crippen molar-refractivity contribution >= 4 is 17.6 Å². The maximum Gasteiger partial charge on any atom is 0.309 e. The third kappa shape index (κ3) is 3.55. The van der Waals surface area contributed by atoms with Crippen LogP contribution in [0.5, 0.6) is 0 Å². The Kier molecular flexibility index (Phi) is 5.22. The Bertz CT molecular complexity index is 726. The highest BCUT2D eigenvalue weighted by Gasteiger charge is 2.41. The molecule has 8 heteroatoms. The molecule has 26 heavy (non-hydrogen) atoms. The molecule has 2 aliphatic rings. The number of carbonyl (C=O) groups is 2. The molecule has 1 amide bonds. The standard InChI is InChI=1S/C18H22N2O6/c1-11-2-3-15(20(24)25)14(10-11)17(21)19-7-4-12(5-8-19)16-13(18(22)23)6-9-26-16/h2-3,10,12-13,16H,4-9H2,1H3,(H,22,23)/t13?,16-/m0/s1. The van der Waals surface area contributed by atoms with Crippen molar-refractivity contribution in [2.75, 3.05) is 19.7 Å². The van der Waals surface area contributed by atoms with E-state index >= 15 is 0 Å². The van der Waals surface area contributed by atoms with Crippen LogP contribution in [0.2, 0.25) is 0 Å². The molecular formula is C18H22N2O6. The molecule has 140 valence electrons. The van der Waals surface area contributed by atoms with Gasteiger partial charge in [0.15, 0.2) is 0 Å². The van der Waals surface area contributed by atoms with Crippen LogP contribution in [0.15, 0.2) is 18.2 Å². The van der Waals surface area contributed by atoms with E-state index in [1.54, 1.807) is 24.0 Å². The van der Waals surface area contributed by atoms with Crippen molar-refractivity contribution in [1.29, 1.82) is 0 Å². The van der Waals surface area contributed by atoms with Gasteiger partial charge in [0.25, 0.3) is 11.6 Å². The summed E-state index contributed by atoms with van der Waals surface area (Å²) in [6.45, 7) is 3.13.